The molecule has 0 aliphatic carbocycles. The minimum absolute atomic E-state index is 0.243. The van der Waals surface area contributed by atoms with Crippen LogP contribution < -0.4 is 5.01 Å². The fraction of sp³-hybridized carbons (Fsp3) is 0.632. The predicted octanol–water partition coefficient (Wildman–Crippen LogP) is 5.08. The summed E-state index contributed by atoms with van der Waals surface area (Å²) < 4.78 is 23.0. The number of hydrogen-bond acceptors (Lipinski definition) is 8. The third-order valence-corrected chi connectivity index (χ3v) is 6.35. The fourth-order valence-corrected chi connectivity index (χ4v) is 5.33. The molecule has 1 aromatic carbocycles. The lowest BCUT2D eigenvalue weighted by Crippen LogP contribution is -2.41. The van der Waals surface area contributed by atoms with E-state index in [1.54, 1.807) is 11.9 Å². The van der Waals surface area contributed by atoms with E-state index in [4.69, 9.17) is 18.3 Å². The topological polar surface area (TPSA) is 98.8 Å². The van der Waals surface area contributed by atoms with Crippen molar-refractivity contribution in [1.82, 2.24) is 0 Å². The highest BCUT2D eigenvalue weighted by Gasteiger charge is 2.47. The van der Waals surface area contributed by atoms with Crippen LogP contribution in [0.1, 0.15) is 48.5 Å². The van der Waals surface area contributed by atoms with Crippen molar-refractivity contribution in [2.45, 2.75) is 79.0 Å². The molecule has 1 aromatic rings. The van der Waals surface area contributed by atoms with Gasteiger partial charge in [0.25, 0.3) is 6.04 Å². The maximum atomic E-state index is 11.9. The van der Waals surface area contributed by atoms with Crippen molar-refractivity contribution in [3.05, 3.63) is 40.4 Å². The van der Waals surface area contributed by atoms with Crippen molar-refractivity contribution in [2.75, 3.05) is 5.01 Å². The van der Waals surface area contributed by atoms with Crippen molar-refractivity contribution >= 4 is 19.1 Å². The lowest BCUT2D eigenvalue weighted by Gasteiger charge is -2.31. The SMILES string of the molecule is CC1=NN(c2ccccc2)[C@H](N=P(OC(C)C)(OC(C)C)OC(C)C)[C@@H]1[N+](=O)[O-]. The zero-order valence-corrected chi connectivity index (χ0v) is 18.9. The fourth-order valence-electron chi connectivity index (χ4n) is 2.90. The van der Waals surface area contributed by atoms with Crippen LogP contribution in [0.2, 0.25) is 0 Å². The average molecular weight is 426 g/mol. The second-order valence-corrected chi connectivity index (χ2v) is 9.41. The molecule has 0 saturated carbocycles. The highest BCUT2D eigenvalue weighted by atomic mass is 31.2. The van der Waals surface area contributed by atoms with E-state index in [-0.39, 0.29) is 23.2 Å². The van der Waals surface area contributed by atoms with E-state index in [9.17, 15) is 10.1 Å². The van der Waals surface area contributed by atoms with Crippen LogP contribution in [0, 0.1) is 10.1 Å². The molecule has 1 aliphatic rings. The number of rotatable bonds is 9. The molecule has 29 heavy (non-hydrogen) atoms. The second kappa shape index (κ2) is 9.80. The molecule has 9 nitrogen and oxygen atoms in total. The maximum Gasteiger partial charge on any atom is 0.358 e. The first-order valence-electron chi connectivity index (χ1n) is 9.74. The lowest BCUT2D eigenvalue weighted by molar-refractivity contribution is -0.504. The quantitative estimate of drug-likeness (QED) is 0.310. The summed E-state index contributed by atoms with van der Waals surface area (Å²) in [6.45, 7) is 12.8. The molecular formula is C19H31N4O5P. The molecule has 2 rings (SSSR count). The van der Waals surface area contributed by atoms with Crippen molar-refractivity contribution < 1.29 is 18.5 Å². The molecule has 0 unspecified atom stereocenters. The van der Waals surface area contributed by atoms with E-state index in [2.05, 4.69) is 5.10 Å². The monoisotopic (exact) mass is 426 g/mol. The summed E-state index contributed by atoms with van der Waals surface area (Å²) in [6.07, 6.45) is -1.68. The van der Waals surface area contributed by atoms with E-state index in [1.807, 2.05) is 71.9 Å². The number of hydrazone groups is 1. The Bertz CT molecular complexity index is 749. The van der Waals surface area contributed by atoms with E-state index >= 15 is 0 Å². The largest absolute Gasteiger partial charge is 0.358 e. The van der Waals surface area contributed by atoms with Crippen molar-refractivity contribution in [3.8, 4) is 0 Å². The third-order valence-electron chi connectivity index (χ3n) is 3.77. The zero-order chi connectivity index (χ0) is 21.8. The van der Waals surface area contributed by atoms with Crippen LogP contribution in [-0.4, -0.2) is 41.2 Å². The molecule has 0 amide bonds. The van der Waals surface area contributed by atoms with Crippen LogP contribution >= 0.6 is 7.74 Å². The van der Waals surface area contributed by atoms with Crippen LogP contribution in [0.25, 0.3) is 0 Å². The van der Waals surface area contributed by atoms with Gasteiger partial charge in [0.2, 0.25) is 6.17 Å². The standard InChI is InChI=1S/C19H31N4O5P/c1-13(2)26-29(27-14(3)4,28-15(5)6)21-19-18(23(24)25)16(7)20-22(19)17-11-9-8-10-12-17/h8-15,18-19H,1-7H3/t18-,19+/m1/s1. The van der Waals surface area contributed by atoms with Gasteiger partial charge in [-0.2, -0.15) is 9.85 Å². The van der Waals surface area contributed by atoms with Gasteiger partial charge in [-0.1, -0.05) is 18.2 Å². The Kier molecular flexibility index (Phi) is 7.94. The van der Waals surface area contributed by atoms with Crippen molar-refractivity contribution in [1.29, 1.82) is 0 Å². The summed E-state index contributed by atoms with van der Waals surface area (Å²) >= 11 is 0. The summed E-state index contributed by atoms with van der Waals surface area (Å²) in [7, 11) is -3.27. The normalized spacial score (nSPS) is 19.9. The molecule has 0 spiro atoms. The van der Waals surface area contributed by atoms with Crippen LogP contribution in [0.5, 0.6) is 0 Å². The summed E-state index contributed by atoms with van der Waals surface area (Å²) in [4.78, 5) is 11.5. The first-order valence-corrected chi connectivity index (χ1v) is 11.2. The van der Waals surface area contributed by atoms with Gasteiger partial charge in [0.15, 0.2) is 0 Å². The predicted molar refractivity (Wildman–Crippen MR) is 115 cm³/mol. The second-order valence-electron chi connectivity index (χ2n) is 7.61. The molecule has 1 aliphatic heterocycles. The molecule has 0 aromatic heterocycles. The summed E-state index contributed by atoms with van der Waals surface area (Å²) in [5.74, 6) is 0. The molecule has 0 saturated heterocycles. The Balaban J connectivity index is 2.64. The van der Waals surface area contributed by atoms with E-state index in [1.165, 1.54) is 0 Å². The van der Waals surface area contributed by atoms with E-state index < -0.39 is 19.9 Å². The molecular weight excluding hydrogens is 395 g/mol. The third kappa shape index (κ3) is 6.09. The summed E-state index contributed by atoms with van der Waals surface area (Å²) in [5.41, 5.74) is 1.06. The van der Waals surface area contributed by atoms with Gasteiger partial charge >= 0.3 is 7.74 Å². The molecule has 0 fully saturated rings. The van der Waals surface area contributed by atoms with E-state index in [0.29, 0.717) is 11.4 Å². The molecule has 0 N–H and O–H groups in total. The number of para-hydroxylation sites is 1. The molecule has 2 atom stereocenters. The Labute approximate surface area is 172 Å². The highest BCUT2D eigenvalue weighted by molar-refractivity contribution is 7.51. The Morgan fingerprint density at radius 1 is 1.03 bits per heavy atom. The number of nitrogens with zero attached hydrogens (tertiary/aromatic N) is 4. The van der Waals surface area contributed by atoms with Crippen LogP contribution in [-0.2, 0) is 13.6 Å². The molecule has 10 heteroatoms. The molecule has 0 bridgehead atoms. The minimum Gasteiger partial charge on any atom is -0.300 e. The van der Waals surface area contributed by atoms with Crippen LogP contribution in [0.4, 0.5) is 5.69 Å². The van der Waals surface area contributed by atoms with Gasteiger partial charge in [-0.25, -0.2) is 5.01 Å². The van der Waals surface area contributed by atoms with Gasteiger partial charge in [0.05, 0.1) is 24.0 Å². The van der Waals surface area contributed by atoms with Gasteiger partial charge in [-0.3, -0.25) is 23.7 Å². The van der Waals surface area contributed by atoms with Gasteiger partial charge in [0, 0.05) is 4.92 Å². The van der Waals surface area contributed by atoms with Crippen molar-refractivity contribution in [3.63, 3.8) is 0 Å². The zero-order valence-electron chi connectivity index (χ0n) is 18.1. The van der Waals surface area contributed by atoms with Crippen LogP contribution in [0.3, 0.4) is 0 Å². The average Bonchev–Trinajstić information content (AvgIpc) is 2.89. The van der Waals surface area contributed by atoms with Crippen LogP contribution in [0.15, 0.2) is 40.2 Å². The summed E-state index contributed by atoms with van der Waals surface area (Å²) in [5, 5.41) is 17.9. The number of benzene rings is 1. The first-order chi connectivity index (χ1) is 13.5. The number of nitro groups is 1. The first kappa shape index (κ1) is 23.5. The van der Waals surface area contributed by atoms with Gasteiger partial charge in [0.1, 0.15) is 5.71 Å². The summed E-state index contributed by atoms with van der Waals surface area (Å²) in [6, 6.07) is 8.10. The number of anilines is 1. The van der Waals surface area contributed by atoms with Gasteiger partial charge < -0.3 is 0 Å². The minimum atomic E-state index is -3.27. The smallest absolute Gasteiger partial charge is 0.300 e. The van der Waals surface area contributed by atoms with Gasteiger partial charge in [-0.15, -0.1) is 0 Å². The number of hydrogen-bond donors (Lipinski definition) is 0. The van der Waals surface area contributed by atoms with Gasteiger partial charge in [-0.05, 0) is 60.6 Å². The molecule has 1 heterocycles. The Morgan fingerprint density at radius 3 is 1.93 bits per heavy atom. The lowest BCUT2D eigenvalue weighted by atomic mass is 10.1. The Hall–Kier alpha value is -1.80. The van der Waals surface area contributed by atoms with Crippen molar-refractivity contribution in [2.24, 2.45) is 9.85 Å². The molecule has 162 valence electrons. The maximum absolute atomic E-state index is 11.9. The van der Waals surface area contributed by atoms with E-state index in [0.717, 1.165) is 0 Å². The molecule has 0 radical (unpaired) electrons. The Morgan fingerprint density at radius 2 is 1.52 bits per heavy atom. The highest BCUT2D eigenvalue weighted by Crippen LogP contribution is 2.57.